The third kappa shape index (κ3) is 3.36. The van der Waals surface area contributed by atoms with Gasteiger partial charge in [-0.3, -0.25) is 4.90 Å². The summed E-state index contributed by atoms with van der Waals surface area (Å²) in [6.45, 7) is 6.20. The Balaban J connectivity index is 1.45. The van der Waals surface area contributed by atoms with E-state index in [0.717, 1.165) is 25.1 Å². The molecule has 1 N–H and O–H groups in total. The predicted molar refractivity (Wildman–Crippen MR) is 101 cm³/mol. The zero-order valence-electron chi connectivity index (χ0n) is 14.3. The van der Waals surface area contributed by atoms with Crippen molar-refractivity contribution in [2.45, 2.75) is 25.0 Å². The zero-order valence-corrected chi connectivity index (χ0v) is 14.3. The number of hydrogen-bond donors (Lipinski definition) is 1. The Kier molecular flexibility index (Phi) is 4.38. The molecule has 4 heteroatoms. The quantitative estimate of drug-likeness (QED) is 0.795. The van der Waals surface area contributed by atoms with Crippen LogP contribution in [0.3, 0.4) is 0 Å². The highest BCUT2D eigenvalue weighted by Crippen LogP contribution is 2.31. The van der Waals surface area contributed by atoms with Gasteiger partial charge in [0.2, 0.25) is 0 Å². The maximum Gasteiger partial charge on any atom is 0.0736 e. The molecule has 4 nitrogen and oxygen atoms in total. The number of hydrogen-bond acceptors (Lipinski definition) is 3. The number of nitrogens with zero attached hydrogens (tertiary/aromatic N) is 3. The van der Waals surface area contributed by atoms with Gasteiger partial charge in [-0.15, -0.1) is 0 Å². The van der Waals surface area contributed by atoms with Crippen LogP contribution in [0.5, 0.6) is 0 Å². The van der Waals surface area contributed by atoms with Crippen molar-refractivity contribution in [3.8, 4) is 0 Å². The molecule has 2 atom stereocenters. The van der Waals surface area contributed by atoms with Gasteiger partial charge in [-0.05, 0) is 29.3 Å². The number of benzene rings is 2. The lowest BCUT2D eigenvalue weighted by Crippen LogP contribution is -2.42. The summed E-state index contributed by atoms with van der Waals surface area (Å²) in [5, 5.41) is 17.4. The van der Waals surface area contributed by atoms with Crippen LogP contribution in [0, 0.1) is 0 Å². The number of β-amino-alcohol motifs (C(OH)–C–C–N with tert-alkyl or cyclic N) is 1. The van der Waals surface area contributed by atoms with Crippen LogP contribution in [0.4, 0.5) is 0 Å². The molecule has 25 heavy (non-hydrogen) atoms. The minimum Gasteiger partial charge on any atom is -0.391 e. The highest BCUT2D eigenvalue weighted by Gasteiger charge is 2.29. The topological polar surface area (TPSA) is 41.3 Å². The molecule has 4 rings (SSSR count). The van der Waals surface area contributed by atoms with E-state index in [4.69, 9.17) is 0 Å². The molecule has 3 aromatic rings. The second-order valence-corrected chi connectivity index (χ2v) is 6.82. The standard InChI is InChI=1S/C21H23N3O/c1-2-24-14-16(12-22-24)13-23-10-9-20(21(25)15-23)19-8-7-17-5-3-4-6-18(17)11-19/h2-8,11-12,14,20-21,25H,1,9-10,13,15H2/t20-,21+/m1/s1. The van der Waals surface area contributed by atoms with Gasteiger partial charge >= 0.3 is 0 Å². The van der Waals surface area contributed by atoms with Crippen molar-refractivity contribution in [1.29, 1.82) is 0 Å². The van der Waals surface area contributed by atoms with E-state index in [-0.39, 0.29) is 12.0 Å². The second kappa shape index (κ2) is 6.82. The molecule has 0 amide bonds. The van der Waals surface area contributed by atoms with E-state index in [0.29, 0.717) is 6.54 Å². The summed E-state index contributed by atoms with van der Waals surface area (Å²) < 4.78 is 1.72. The van der Waals surface area contributed by atoms with E-state index in [1.807, 2.05) is 12.4 Å². The first-order valence-corrected chi connectivity index (χ1v) is 8.77. The lowest BCUT2D eigenvalue weighted by Gasteiger charge is -2.36. The molecular formula is C21H23N3O. The van der Waals surface area contributed by atoms with Crippen molar-refractivity contribution < 1.29 is 5.11 Å². The second-order valence-electron chi connectivity index (χ2n) is 6.82. The Hall–Kier alpha value is -2.43. The highest BCUT2D eigenvalue weighted by atomic mass is 16.3. The summed E-state index contributed by atoms with van der Waals surface area (Å²) in [5.41, 5.74) is 2.39. The number of fused-ring (bicyclic) bond motifs is 1. The van der Waals surface area contributed by atoms with E-state index in [1.165, 1.54) is 16.3 Å². The maximum absolute atomic E-state index is 10.7. The molecular weight excluding hydrogens is 310 g/mol. The van der Waals surface area contributed by atoms with Crippen LogP contribution in [0.2, 0.25) is 0 Å². The van der Waals surface area contributed by atoms with Gasteiger partial charge in [0.05, 0.1) is 12.3 Å². The molecule has 0 bridgehead atoms. The summed E-state index contributed by atoms with van der Waals surface area (Å²) >= 11 is 0. The van der Waals surface area contributed by atoms with E-state index in [9.17, 15) is 5.11 Å². The first-order valence-electron chi connectivity index (χ1n) is 8.77. The van der Waals surface area contributed by atoms with E-state index >= 15 is 0 Å². The Morgan fingerprint density at radius 1 is 1.20 bits per heavy atom. The van der Waals surface area contributed by atoms with Crippen molar-refractivity contribution in [2.24, 2.45) is 0 Å². The number of aliphatic hydroxyl groups excluding tert-OH is 1. The van der Waals surface area contributed by atoms with Gasteiger partial charge in [0, 0.05) is 37.0 Å². The highest BCUT2D eigenvalue weighted by molar-refractivity contribution is 5.83. The SMILES string of the molecule is C=Cn1cc(CN2CC[C@H](c3ccc4ccccc4c3)[C@@H](O)C2)cn1. The van der Waals surface area contributed by atoms with Gasteiger partial charge in [-0.25, -0.2) is 4.68 Å². The normalized spacial score (nSPS) is 21.5. The van der Waals surface area contributed by atoms with Crippen LogP contribution in [-0.4, -0.2) is 39.0 Å². The average Bonchev–Trinajstić information content (AvgIpc) is 3.09. The molecule has 2 aromatic carbocycles. The average molecular weight is 333 g/mol. The van der Waals surface area contributed by atoms with Crippen LogP contribution in [0.25, 0.3) is 17.0 Å². The summed E-state index contributed by atoms with van der Waals surface area (Å²) in [5.74, 6) is 0.205. The Bertz CT molecular complexity index is 885. The predicted octanol–water partition coefficient (Wildman–Crippen LogP) is 3.49. The number of rotatable bonds is 4. The molecule has 2 heterocycles. The third-order valence-corrected chi connectivity index (χ3v) is 5.12. The van der Waals surface area contributed by atoms with Crippen molar-refractivity contribution in [3.05, 3.63) is 72.6 Å². The summed E-state index contributed by atoms with van der Waals surface area (Å²) in [7, 11) is 0. The molecule has 128 valence electrons. The van der Waals surface area contributed by atoms with Crippen LogP contribution in [0.1, 0.15) is 23.5 Å². The smallest absolute Gasteiger partial charge is 0.0736 e. The van der Waals surface area contributed by atoms with Crippen LogP contribution in [-0.2, 0) is 6.54 Å². The molecule has 0 saturated carbocycles. The van der Waals surface area contributed by atoms with Crippen molar-refractivity contribution in [3.63, 3.8) is 0 Å². The summed E-state index contributed by atoms with van der Waals surface area (Å²) in [6, 6.07) is 14.9. The zero-order chi connectivity index (χ0) is 17.2. The van der Waals surface area contributed by atoms with Gasteiger partial charge < -0.3 is 5.11 Å². The van der Waals surface area contributed by atoms with Gasteiger partial charge in [0.25, 0.3) is 0 Å². The Labute approximate surface area is 148 Å². The molecule has 0 aliphatic carbocycles. The Morgan fingerprint density at radius 2 is 2.04 bits per heavy atom. The lowest BCUT2D eigenvalue weighted by molar-refractivity contribution is 0.0477. The number of aliphatic hydroxyl groups is 1. The fraction of sp³-hybridized carbons (Fsp3) is 0.286. The molecule has 1 fully saturated rings. The Morgan fingerprint density at radius 3 is 2.80 bits per heavy atom. The monoisotopic (exact) mass is 333 g/mol. The third-order valence-electron chi connectivity index (χ3n) is 5.12. The van der Waals surface area contributed by atoms with Gasteiger partial charge in [0.1, 0.15) is 0 Å². The summed E-state index contributed by atoms with van der Waals surface area (Å²) in [6.07, 6.45) is 6.15. The van der Waals surface area contributed by atoms with Crippen LogP contribution in [0.15, 0.2) is 61.4 Å². The first-order chi connectivity index (χ1) is 12.2. The summed E-state index contributed by atoms with van der Waals surface area (Å²) in [4.78, 5) is 2.30. The fourth-order valence-corrected chi connectivity index (χ4v) is 3.79. The number of likely N-dealkylation sites (tertiary alicyclic amines) is 1. The maximum atomic E-state index is 10.7. The van der Waals surface area contributed by atoms with Crippen molar-refractivity contribution in [2.75, 3.05) is 13.1 Å². The van der Waals surface area contributed by atoms with Crippen molar-refractivity contribution >= 4 is 17.0 Å². The van der Waals surface area contributed by atoms with Crippen LogP contribution >= 0.6 is 0 Å². The van der Waals surface area contributed by atoms with E-state index < -0.39 is 0 Å². The molecule has 0 spiro atoms. The molecule has 1 aliphatic heterocycles. The van der Waals surface area contributed by atoms with Crippen molar-refractivity contribution in [1.82, 2.24) is 14.7 Å². The van der Waals surface area contributed by atoms with E-state index in [1.54, 1.807) is 10.9 Å². The minimum absolute atomic E-state index is 0.205. The van der Waals surface area contributed by atoms with Gasteiger partial charge in [-0.2, -0.15) is 5.10 Å². The number of piperidine rings is 1. The molecule has 0 unspecified atom stereocenters. The van der Waals surface area contributed by atoms with Crippen LogP contribution < -0.4 is 0 Å². The molecule has 1 saturated heterocycles. The molecule has 0 radical (unpaired) electrons. The van der Waals surface area contributed by atoms with E-state index in [2.05, 4.69) is 59.0 Å². The minimum atomic E-state index is -0.343. The number of aromatic nitrogens is 2. The first kappa shape index (κ1) is 16.1. The lowest BCUT2D eigenvalue weighted by atomic mass is 9.86. The molecule has 1 aromatic heterocycles. The largest absolute Gasteiger partial charge is 0.391 e. The molecule has 1 aliphatic rings. The fourth-order valence-electron chi connectivity index (χ4n) is 3.79. The van der Waals surface area contributed by atoms with Gasteiger partial charge in [-0.1, -0.05) is 49.0 Å². The van der Waals surface area contributed by atoms with Gasteiger partial charge in [0.15, 0.2) is 0 Å².